The molecule has 1 aliphatic carbocycles. The van der Waals surface area contributed by atoms with Gasteiger partial charge in [-0.3, -0.25) is 4.90 Å². The molecule has 0 aromatic heterocycles. The van der Waals surface area contributed by atoms with Gasteiger partial charge in [0.1, 0.15) is 0 Å². The Labute approximate surface area is 118 Å². The molecule has 1 saturated carbocycles. The predicted molar refractivity (Wildman–Crippen MR) is 80.2 cm³/mol. The van der Waals surface area contributed by atoms with E-state index in [1.165, 1.54) is 77.7 Å². The van der Waals surface area contributed by atoms with E-state index in [1.807, 2.05) is 0 Å². The van der Waals surface area contributed by atoms with Crippen LogP contribution in [0.3, 0.4) is 0 Å². The molecule has 0 spiro atoms. The van der Waals surface area contributed by atoms with E-state index >= 15 is 0 Å². The first-order valence-electron chi connectivity index (χ1n) is 8.53. The van der Waals surface area contributed by atoms with Crippen molar-refractivity contribution in [2.75, 3.05) is 39.3 Å². The molecule has 0 bridgehead atoms. The standard InChI is InChI=1S/C16H31N3/c17-11-14-5-4-6-15(14)12-18-10-7-16(13-18)19-8-2-1-3-9-19/h14-16H,1-13,17H2. The molecule has 3 rings (SSSR count). The molecule has 0 amide bonds. The van der Waals surface area contributed by atoms with Crippen LogP contribution in [0.25, 0.3) is 0 Å². The Morgan fingerprint density at radius 1 is 0.842 bits per heavy atom. The van der Waals surface area contributed by atoms with Crippen molar-refractivity contribution in [3.63, 3.8) is 0 Å². The van der Waals surface area contributed by atoms with Crippen molar-refractivity contribution in [2.24, 2.45) is 17.6 Å². The number of nitrogens with zero attached hydrogens (tertiary/aromatic N) is 2. The van der Waals surface area contributed by atoms with Crippen LogP contribution >= 0.6 is 0 Å². The van der Waals surface area contributed by atoms with Crippen molar-refractivity contribution in [2.45, 2.75) is 51.0 Å². The highest BCUT2D eigenvalue weighted by molar-refractivity contribution is 4.88. The molecule has 3 fully saturated rings. The lowest BCUT2D eigenvalue weighted by Crippen LogP contribution is -2.41. The van der Waals surface area contributed by atoms with Gasteiger partial charge >= 0.3 is 0 Å². The highest BCUT2D eigenvalue weighted by Crippen LogP contribution is 2.32. The maximum absolute atomic E-state index is 5.92. The van der Waals surface area contributed by atoms with Gasteiger partial charge in [-0.25, -0.2) is 0 Å². The molecule has 2 heterocycles. The van der Waals surface area contributed by atoms with Crippen LogP contribution in [0.2, 0.25) is 0 Å². The van der Waals surface area contributed by atoms with Crippen molar-refractivity contribution in [3.8, 4) is 0 Å². The summed E-state index contributed by atoms with van der Waals surface area (Å²) in [6.45, 7) is 7.60. The number of likely N-dealkylation sites (tertiary alicyclic amines) is 2. The van der Waals surface area contributed by atoms with E-state index in [-0.39, 0.29) is 0 Å². The average molecular weight is 265 g/mol. The number of rotatable bonds is 4. The zero-order valence-electron chi connectivity index (χ0n) is 12.4. The summed E-state index contributed by atoms with van der Waals surface area (Å²) in [6.07, 6.45) is 9.92. The second-order valence-electron chi connectivity index (χ2n) is 6.99. The van der Waals surface area contributed by atoms with Gasteiger partial charge in [-0.1, -0.05) is 12.8 Å². The molecule has 3 unspecified atom stereocenters. The van der Waals surface area contributed by atoms with E-state index in [0.717, 1.165) is 24.4 Å². The third-order valence-electron chi connectivity index (χ3n) is 5.77. The van der Waals surface area contributed by atoms with Gasteiger partial charge in [-0.2, -0.15) is 0 Å². The summed E-state index contributed by atoms with van der Waals surface area (Å²) in [7, 11) is 0. The quantitative estimate of drug-likeness (QED) is 0.843. The molecule has 0 aromatic carbocycles. The molecule has 0 radical (unpaired) electrons. The fourth-order valence-electron chi connectivity index (χ4n) is 4.56. The topological polar surface area (TPSA) is 32.5 Å². The van der Waals surface area contributed by atoms with Crippen molar-refractivity contribution in [1.82, 2.24) is 9.80 Å². The van der Waals surface area contributed by atoms with Crippen LogP contribution in [0.1, 0.15) is 44.9 Å². The number of hydrogen-bond acceptors (Lipinski definition) is 3. The predicted octanol–water partition coefficient (Wildman–Crippen LogP) is 1.92. The summed E-state index contributed by atoms with van der Waals surface area (Å²) >= 11 is 0. The normalized spacial score (nSPS) is 38.1. The summed E-state index contributed by atoms with van der Waals surface area (Å²) in [5.41, 5.74) is 5.92. The summed E-state index contributed by atoms with van der Waals surface area (Å²) in [5.74, 6) is 1.71. The van der Waals surface area contributed by atoms with Crippen molar-refractivity contribution in [1.29, 1.82) is 0 Å². The fraction of sp³-hybridized carbons (Fsp3) is 1.00. The Bertz CT molecular complexity index is 275. The van der Waals surface area contributed by atoms with Crippen LogP contribution in [0.4, 0.5) is 0 Å². The van der Waals surface area contributed by atoms with Gasteiger partial charge in [0.2, 0.25) is 0 Å². The van der Waals surface area contributed by atoms with Crippen LogP contribution in [0.15, 0.2) is 0 Å². The number of nitrogens with two attached hydrogens (primary N) is 1. The largest absolute Gasteiger partial charge is 0.330 e. The van der Waals surface area contributed by atoms with Crippen molar-refractivity contribution in [3.05, 3.63) is 0 Å². The van der Waals surface area contributed by atoms with Crippen LogP contribution < -0.4 is 5.73 Å². The molecule has 2 aliphatic heterocycles. The van der Waals surface area contributed by atoms with Crippen LogP contribution in [-0.4, -0.2) is 55.1 Å². The minimum atomic E-state index is 0.814. The summed E-state index contributed by atoms with van der Waals surface area (Å²) in [5, 5.41) is 0. The number of piperidine rings is 1. The maximum atomic E-state index is 5.92. The highest BCUT2D eigenvalue weighted by Gasteiger charge is 2.32. The fourth-order valence-corrected chi connectivity index (χ4v) is 4.56. The van der Waals surface area contributed by atoms with E-state index in [4.69, 9.17) is 5.73 Å². The van der Waals surface area contributed by atoms with Crippen LogP contribution in [0, 0.1) is 11.8 Å². The lowest BCUT2D eigenvalue weighted by atomic mass is 9.96. The molecule has 3 heteroatoms. The second-order valence-corrected chi connectivity index (χ2v) is 6.99. The Morgan fingerprint density at radius 3 is 2.42 bits per heavy atom. The molecule has 19 heavy (non-hydrogen) atoms. The van der Waals surface area contributed by atoms with Gasteiger partial charge in [0.15, 0.2) is 0 Å². The smallest absolute Gasteiger partial charge is 0.0235 e. The maximum Gasteiger partial charge on any atom is 0.0235 e. The lowest BCUT2D eigenvalue weighted by Gasteiger charge is -2.32. The average Bonchev–Trinajstić information content (AvgIpc) is 3.09. The monoisotopic (exact) mass is 265 g/mol. The third kappa shape index (κ3) is 3.32. The Kier molecular flexibility index (Phi) is 4.78. The zero-order chi connectivity index (χ0) is 13.1. The first kappa shape index (κ1) is 13.8. The van der Waals surface area contributed by atoms with Gasteiger partial charge in [0.25, 0.3) is 0 Å². The lowest BCUT2D eigenvalue weighted by molar-refractivity contribution is 0.156. The van der Waals surface area contributed by atoms with E-state index in [9.17, 15) is 0 Å². The second kappa shape index (κ2) is 6.55. The Hall–Kier alpha value is -0.120. The zero-order valence-corrected chi connectivity index (χ0v) is 12.4. The van der Waals surface area contributed by atoms with Crippen LogP contribution in [0.5, 0.6) is 0 Å². The Morgan fingerprint density at radius 2 is 1.63 bits per heavy atom. The van der Waals surface area contributed by atoms with Crippen molar-refractivity contribution < 1.29 is 0 Å². The van der Waals surface area contributed by atoms with Gasteiger partial charge in [0.05, 0.1) is 0 Å². The highest BCUT2D eigenvalue weighted by atomic mass is 15.3. The van der Waals surface area contributed by atoms with Gasteiger partial charge < -0.3 is 10.6 Å². The van der Waals surface area contributed by atoms with Gasteiger partial charge in [-0.05, 0) is 70.1 Å². The molecular weight excluding hydrogens is 234 g/mol. The van der Waals surface area contributed by atoms with Crippen molar-refractivity contribution >= 4 is 0 Å². The molecule has 2 N–H and O–H groups in total. The van der Waals surface area contributed by atoms with E-state index < -0.39 is 0 Å². The van der Waals surface area contributed by atoms with E-state index in [2.05, 4.69) is 9.80 Å². The van der Waals surface area contributed by atoms with E-state index in [1.54, 1.807) is 0 Å². The molecule has 110 valence electrons. The first-order valence-corrected chi connectivity index (χ1v) is 8.53. The minimum absolute atomic E-state index is 0.814. The first-order chi connectivity index (χ1) is 9.36. The van der Waals surface area contributed by atoms with E-state index in [0.29, 0.717) is 0 Å². The van der Waals surface area contributed by atoms with Gasteiger partial charge in [-0.15, -0.1) is 0 Å². The molecular formula is C16H31N3. The van der Waals surface area contributed by atoms with Crippen LogP contribution in [-0.2, 0) is 0 Å². The summed E-state index contributed by atoms with van der Waals surface area (Å²) in [6, 6.07) is 0.859. The molecule has 3 atom stereocenters. The molecule has 3 nitrogen and oxygen atoms in total. The SMILES string of the molecule is NCC1CCCC1CN1CCC(N2CCCCC2)C1. The number of hydrogen-bond donors (Lipinski definition) is 1. The summed E-state index contributed by atoms with van der Waals surface area (Å²) < 4.78 is 0. The summed E-state index contributed by atoms with van der Waals surface area (Å²) in [4.78, 5) is 5.50. The third-order valence-corrected chi connectivity index (χ3v) is 5.77. The minimum Gasteiger partial charge on any atom is -0.330 e. The molecule has 0 aromatic rings. The van der Waals surface area contributed by atoms with Gasteiger partial charge in [0, 0.05) is 19.1 Å². The molecule has 2 saturated heterocycles. The molecule has 3 aliphatic rings. The Balaban J connectivity index is 1.46.